The van der Waals surface area contributed by atoms with E-state index >= 15 is 0 Å². The second-order valence-corrected chi connectivity index (χ2v) is 9.18. The maximum atomic E-state index is 12.1. The fraction of sp³-hybridized carbons (Fsp3) is 0.100. The molecule has 1 aliphatic rings. The standard InChI is InChI=1S/C30H22ClNO6/c31-24-15-28-27(36-17-37-28)13-19(24)12-23-22-14-21(10-11-25(22)32-29(23)30(33)34)35-16-18-6-4-5-9-26(18)38-20-7-2-1-3-8-20/h1-11,13-15,32H,12,16-17H2,(H,33,34). The van der Waals surface area contributed by atoms with Gasteiger partial charge in [-0.15, -0.1) is 0 Å². The lowest BCUT2D eigenvalue weighted by Gasteiger charge is -2.12. The number of aromatic nitrogens is 1. The molecule has 190 valence electrons. The molecular formula is C30H22ClNO6. The van der Waals surface area contributed by atoms with Crippen molar-refractivity contribution in [1.82, 2.24) is 4.98 Å². The molecule has 2 N–H and O–H groups in total. The first kappa shape index (κ1) is 23.8. The number of H-pyrrole nitrogens is 1. The van der Waals surface area contributed by atoms with Crippen LogP contribution in [0.15, 0.2) is 84.9 Å². The Morgan fingerprint density at radius 2 is 1.66 bits per heavy atom. The molecule has 0 atom stereocenters. The smallest absolute Gasteiger partial charge is 0.352 e. The van der Waals surface area contributed by atoms with Crippen molar-refractivity contribution in [2.75, 3.05) is 6.79 Å². The van der Waals surface area contributed by atoms with Crippen LogP contribution in [0.2, 0.25) is 5.02 Å². The maximum absolute atomic E-state index is 12.1. The first-order chi connectivity index (χ1) is 18.5. The van der Waals surface area contributed by atoms with E-state index in [-0.39, 0.29) is 25.5 Å². The predicted octanol–water partition coefficient (Wildman–Crippen LogP) is 7.21. The molecule has 0 radical (unpaired) electrons. The van der Waals surface area contributed by atoms with E-state index in [9.17, 15) is 9.90 Å². The fourth-order valence-corrected chi connectivity index (χ4v) is 4.69. The van der Waals surface area contributed by atoms with Crippen LogP contribution in [-0.4, -0.2) is 22.9 Å². The minimum Gasteiger partial charge on any atom is -0.489 e. The Bertz CT molecular complexity index is 1650. The first-order valence-electron chi connectivity index (χ1n) is 11.9. The molecule has 8 heteroatoms. The minimum atomic E-state index is -1.05. The molecule has 6 rings (SSSR count). The van der Waals surface area contributed by atoms with Crippen LogP contribution in [0.4, 0.5) is 0 Å². The van der Waals surface area contributed by atoms with Crippen LogP contribution >= 0.6 is 11.6 Å². The van der Waals surface area contributed by atoms with E-state index in [1.165, 1.54) is 0 Å². The third-order valence-electron chi connectivity index (χ3n) is 6.34. The van der Waals surface area contributed by atoms with Crippen LogP contribution in [-0.2, 0) is 13.0 Å². The van der Waals surface area contributed by atoms with Crippen molar-refractivity contribution in [3.05, 3.63) is 112 Å². The number of hydrogen-bond acceptors (Lipinski definition) is 5. The van der Waals surface area contributed by atoms with Gasteiger partial charge in [-0.2, -0.15) is 0 Å². The number of aromatic carboxylic acids is 1. The molecule has 0 unspecified atom stereocenters. The van der Waals surface area contributed by atoms with Gasteiger partial charge in [-0.25, -0.2) is 4.79 Å². The number of para-hydroxylation sites is 2. The van der Waals surface area contributed by atoms with Crippen LogP contribution < -0.4 is 18.9 Å². The number of aromatic amines is 1. The molecular weight excluding hydrogens is 506 g/mol. The van der Waals surface area contributed by atoms with Gasteiger partial charge in [-0.1, -0.05) is 48.0 Å². The van der Waals surface area contributed by atoms with Gasteiger partial charge < -0.3 is 29.0 Å². The summed E-state index contributed by atoms with van der Waals surface area (Å²) in [6.45, 7) is 0.400. The summed E-state index contributed by atoms with van der Waals surface area (Å²) in [6.07, 6.45) is 0.286. The number of carbonyl (C=O) groups is 1. The Morgan fingerprint density at radius 1 is 0.895 bits per heavy atom. The van der Waals surface area contributed by atoms with E-state index in [4.69, 9.17) is 30.5 Å². The third kappa shape index (κ3) is 4.71. The van der Waals surface area contributed by atoms with Gasteiger partial charge in [0.05, 0.1) is 0 Å². The lowest BCUT2D eigenvalue weighted by Crippen LogP contribution is -2.02. The maximum Gasteiger partial charge on any atom is 0.352 e. The highest BCUT2D eigenvalue weighted by Crippen LogP contribution is 2.39. The second-order valence-electron chi connectivity index (χ2n) is 8.78. The van der Waals surface area contributed by atoms with E-state index in [0.717, 1.165) is 22.3 Å². The lowest BCUT2D eigenvalue weighted by molar-refractivity contribution is 0.0690. The summed E-state index contributed by atoms with van der Waals surface area (Å²) in [4.78, 5) is 15.1. The number of benzene rings is 4. The van der Waals surface area contributed by atoms with Gasteiger partial charge in [0.15, 0.2) is 11.5 Å². The summed E-state index contributed by atoms with van der Waals surface area (Å²) in [6, 6.07) is 26.2. The molecule has 0 saturated carbocycles. The van der Waals surface area contributed by atoms with E-state index in [1.807, 2.05) is 72.8 Å². The Labute approximate surface area is 223 Å². The average Bonchev–Trinajstić information content (AvgIpc) is 3.53. The fourth-order valence-electron chi connectivity index (χ4n) is 4.47. The summed E-state index contributed by atoms with van der Waals surface area (Å²) in [7, 11) is 0. The summed E-state index contributed by atoms with van der Waals surface area (Å²) in [5.41, 5.74) is 3.01. The van der Waals surface area contributed by atoms with E-state index in [2.05, 4.69) is 4.98 Å². The Balaban J connectivity index is 1.29. The Kier molecular flexibility index (Phi) is 6.27. The van der Waals surface area contributed by atoms with Crippen LogP contribution in [0.5, 0.6) is 28.7 Å². The van der Waals surface area contributed by atoms with Crippen LogP contribution in [0.3, 0.4) is 0 Å². The number of carboxylic acids is 1. The van der Waals surface area contributed by atoms with Gasteiger partial charge in [0.1, 0.15) is 29.5 Å². The summed E-state index contributed by atoms with van der Waals surface area (Å²) in [5, 5.41) is 11.1. The quantitative estimate of drug-likeness (QED) is 0.221. The Hall–Kier alpha value is -4.62. The summed E-state index contributed by atoms with van der Waals surface area (Å²) < 4.78 is 23.1. The van der Waals surface area contributed by atoms with Crippen molar-refractivity contribution in [2.24, 2.45) is 0 Å². The van der Waals surface area contributed by atoms with Crippen LogP contribution in [0, 0.1) is 0 Å². The molecule has 0 fully saturated rings. The predicted molar refractivity (Wildman–Crippen MR) is 143 cm³/mol. The number of carboxylic acid groups (broad SMARTS) is 1. The zero-order chi connectivity index (χ0) is 26.1. The lowest BCUT2D eigenvalue weighted by atomic mass is 10.0. The minimum absolute atomic E-state index is 0.104. The highest BCUT2D eigenvalue weighted by Gasteiger charge is 2.22. The van der Waals surface area contributed by atoms with Gasteiger partial charge in [0.2, 0.25) is 6.79 Å². The molecule has 1 aromatic heterocycles. The molecule has 0 bridgehead atoms. The molecule has 38 heavy (non-hydrogen) atoms. The van der Waals surface area contributed by atoms with Crippen molar-refractivity contribution in [2.45, 2.75) is 13.0 Å². The van der Waals surface area contributed by atoms with Crippen molar-refractivity contribution in [3.8, 4) is 28.7 Å². The normalized spacial score (nSPS) is 12.0. The monoisotopic (exact) mass is 527 g/mol. The van der Waals surface area contributed by atoms with Gasteiger partial charge in [-0.3, -0.25) is 0 Å². The molecule has 2 heterocycles. The topological polar surface area (TPSA) is 90.0 Å². The van der Waals surface area contributed by atoms with E-state index < -0.39 is 5.97 Å². The highest BCUT2D eigenvalue weighted by atomic mass is 35.5. The second kappa shape index (κ2) is 10.0. The molecule has 0 amide bonds. The van der Waals surface area contributed by atoms with Crippen molar-refractivity contribution in [1.29, 1.82) is 0 Å². The number of fused-ring (bicyclic) bond motifs is 2. The number of nitrogens with one attached hydrogen (secondary N) is 1. The van der Waals surface area contributed by atoms with Crippen LogP contribution in [0.25, 0.3) is 10.9 Å². The van der Waals surface area contributed by atoms with Gasteiger partial charge in [0.25, 0.3) is 0 Å². The summed E-state index contributed by atoms with van der Waals surface area (Å²) >= 11 is 6.50. The molecule has 7 nitrogen and oxygen atoms in total. The molecule has 4 aromatic carbocycles. The van der Waals surface area contributed by atoms with Gasteiger partial charge in [0, 0.05) is 34.0 Å². The SMILES string of the molecule is O=C(O)c1[nH]c2ccc(OCc3ccccc3Oc3ccccc3)cc2c1Cc1cc2c(cc1Cl)OCO2. The first-order valence-corrected chi connectivity index (χ1v) is 12.3. The molecule has 5 aromatic rings. The van der Waals surface area contributed by atoms with Crippen molar-refractivity contribution in [3.63, 3.8) is 0 Å². The highest BCUT2D eigenvalue weighted by molar-refractivity contribution is 6.31. The molecule has 0 saturated heterocycles. The zero-order valence-corrected chi connectivity index (χ0v) is 20.8. The van der Waals surface area contributed by atoms with Crippen LogP contribution in [0.1, 0.15) is 27.2 Å². The number of ether oxygens (including phenoxy) is 4. The van der Waals surface area contributed by atoms with Crippen molar-refractivity contribution >= 4 is 28.5 Å². The van der Waals surface area contributed by atoms with Gasteiger partial charge in [-0.05, 0) is 53.6 Å². The summed E-state index contributed by atoms with van der Waals surface area (Å²) in [5.74, 6) is 2.14. The number of halogens is 1. The van der Waals surface area contributed by atoms with E-state index in [1.54, 1.807) is 12.1 Å². The Morgan fingerprint density at radius 3 is 2.47 bits per heavy atom. The number of hydrogen-bond donors (Lipinski definition) is 2. The van der Waals surface area contributed by atoms with Gasteiger partial charge >= 0.3 is 5.97 Å². The molecule has 0 spiro atoms. The number of rotatable bonds is 8. The van der Waals surface area contributed by atoms with E-state index in [0.29, 0.717) is 39.1 Å². The third-order valence-corrected chi connectivity index (χ3v) is 6.69. The van der Waals surface area contributed by atoms with Crippen molar-refractivity contribution < 1.29 is 28.8 Å². The molecule has 1 aliphatic heterocycles. The zero-order valence-electron chi connectivity index (χ0n) is 20.1. The average molecular weight is 528 g/mol. The molecule has 0 aliphatic carbocycles. The largest absolute Gasteiger partial charge is 0.489 e.